The summed E-state index contributed by atoms with van der Waals surface area (Å²) in [5.41, 5.74) is 1.64. The number of nitrogens with one attached hydrogen (secondary N) is 1. The van der Waals surface area contributed by atoms with Crippen LogP contribution in [0.1, 0.15) is 30.9 Å². The molecule has 1 spiro atoms. The van der Waals surface area contributed by atoms with E-state index in [2.05, 4.69) is 17.1 Å². The van der Waals surface area contributed by atoms with Crippen molar-refractivity contribution in [2.45, 2.75) is 31.7 Å². The molecule has 0 bridgehead atoms. The summed E-state index contributed by atoms with van der Waals surface area (Å²) in [5, 5.41) is 3.25. The van der Waals surface area contributed by atoms with Crippen molar-refractivity contribution >= 4 is 5.91 Å². The van der Waals surface area contributed by atoms with Crippen molar-refractivity contribution in [3.63, 3.8) is 0 Å². The maximum absolute atomic E-state index is 12.4. The first-order chi connectivity index (χ1) is 11.6. The predicted molar refractivity (Wildman–Crippen MR) is 91.0 cm³/mol. The minimum absolute atomic E-state index is 0.0571. The number of piperidine rings is 1. The van der Waals surface area contributed by atoms with Crippen molar-refractivity contribution in [1.82, 2.24) is 10.2 Å². The third-order valence-electron chi connectivity index (χ3n) is 5.28. The molecule has 0 atom stereocenters. The maximum atomic E-state index is 12.4. The number of nitrogens with zero attached hydrogens (tertiary/aromatic N) is 1. The van der Waals surface area contributed by atoms with Gasteiger partial charge in [-0.3, -0.25) is 4.79 Å². The van der Waals surface area contributed by atoms with Crippen LogP contribution in [0, 0.1) is 0 Å². The highest BCUT2D eigenvalue weighted by molar-refractivity contribution is 5.84. The molecule has 132 valence electrons. The van der Waals surface area contributed by atoms with Gasteiger partial charge in [-0.1, -0.05) is 6.92 Å². The van der Waals surface area contributed by atoms with Crippen molar-refractivity contribution in [3.8, 4) is 17.2 Å². The highest BCUT2D eigenvalue weighted by atomic mass is 16.5. The lowest BCUT2D eigenvalue weighted by Crippen LogP contribution is -2.56. The number of carbonyl (C=O) groups excluding carboxylic acids is 1. The van der Waals surface area contributed by atoms with Gasteiger partial charge in [0.1, 0.15) is 0 Å². The van der Waals surface area contributed by atoms with Gasteiger partial charge < -0.3 is 24.4 Å². The molecule has 2 aliphatic heterocycles. The second kappa shape index (κ2) is 6.51. The van der Waals surface area contributed by atoms with Crippen LogP contribution in [0.15, 0.2) is 6.07 Å². The number of carbonyl (C=O) groups is 1. The van der Waals surface area contributed by atoms with Gasteiger partial charge in [0.2, 0.25) is 11.7 Å². The Kier molecular flexibility index (Phi) is 4.58. The van der Waals surface area contributed by atoms with E-state index in [1.54, 1.807) is 21.3 Å². The largest absolute Gasteiger partial charge is 0.493 e. The molecule has 1 N–H and O–H groups in total. The summed E-state index contributed by atoms with van der Waals surface area (Å²) in [6.45, 7) is 5.10. The molecule has 0 radical (unpaired) electrons. The normalized spacial score (nSPS) is 19.6. The highest BCUT2D eigenvalue weighted by Crippen LogP contribution is 2.50. The van der Waals surface area contributed by atoms with Crippen LogP contribution >= 0.6 is 0 Å². The van der Waals surface area contributed by atoms with E-state index in [0.717, 1.165) is 43.6 Å². The molecule has 2 aliphatic rings. The number of hydrogen-bond acceptors (Lipinski definition) is 5. The molecular formula is C18H26N2O4. The number of benzene rings is 1. The second-order valence-corrected chi connectivity index (χ2v) is 6.42. The molecule has 24 heavy (non-hydrogen) atoms. The summed E-state index contributed by atoms with van der Waals surface area (Å²) in [7, 11) is 4.85. The van der Waals surface area contributed by atoms with Gasteiger partial charge in [-0.2, -0.15) is 0 Å². The SMILES string of the molecule is CCN1CCC2(CC1)NC(=O)Cc1cc(OC)c(OC)c(OC)c12. The van der Waals surface area contributed by atoms with Gasteiger partial charge in [0.25, 0.3) is 0 Å². The van der Waals surface area contributed by atoms with Crippen LogP contribution in [0.2, 0.25) is 0 Å². The van der Waals surface area contributed by atoms with Crippen LogP contribution in [-0.4, -0.2) is 51.8 Å². The first kappa shape index (κ1) is 16.9. The second-order valence-electron chi connectivity index (χ2n) is 6.42. The van der Waals surface area contributed by atoms with Crippen LogP contribution in [-0.2, 0) is 16.8 Å². The van der Waals surface area contributed by atoms with Crippen molar-refractivity contribution in [2.24, 2.45) is 0 Å². The lowest BCUT2D eigenvalue weighted by molar-refractivity contribution is -0.124. The van der Waals surface area contributed by atoms with Crippen LogP contribution in [0.3, 0.4) is 0 Å². The van der Waals surface area contributed by atoms with Gasteiger partial charge in [-0.25, -0.2) is 0 Å². The molecule has 0 aliphatic carbocycles. The molecule has 1 aromatic rings. The smallest absolute Gasteiger partial charge is 0.225 e. The zero-order chi connectivity index (χ0) is 17.3. The first-order valence-electron chi connectivity index (χ1n) is 8.44. The molecular weight excluding hydrogens is 308 g/mol. The topological polar surface area (TPSA) is 60.0 Å². The first-order valence-corrected chi connectivity index (χ1v) is 8.44. The van der Waals surface area contributed by atoms with Crippen molar-refractivity contribution < 1.29 is 19.0 Å². The van der Waals surface area contributed by atoms with E-state index in [9.17, 15) is 4.79 Å². The molecule has 0 unspecified atom stereocenters. The number of methoxy groups -OCH3 is 3. The predicted octanol–water partition coefficient (Wildman–Crippen LogP) is 1.70. The number of rotatable bonds is 4. The molecule has 1 fully saturated rings. The van der Waals surface area contributed by atoms with E-state index in [1.807, 2.05) is 6.07 Å². The minimum Gasteiger partial charge on any atom is -0.493 e. The maximum Gasteiger partial charge on any atom is 0.225 e. The Morgan fingerprint density at radius 1 is 1.12 bits per heavy atom. The van der Waals surface area contributed by atoms with Crippen LogP contribution in [0.5, 0.6) is 17.2 Å². The molecule has 1 aromatic carbocycles. The quantitative estimate of drug-likeness (QED) is 0.908. The number of amides is 1. The molecule has 2 heterocycles. The van der Waals surface area contributed by atoms with E-state index in [4.69, 9.17) is 14.2 Å². The third kappa shape index (κ3) is 2.59. The molecule has 0 saturated carbocycles. The summed E-state index contributed by atoms with van der Waals surface area (Å²) in [6, 6.07) is 1.92. The fourth-order valence-electron chi connectivity index (χ4n) is 4.04. The fraction of sp³-hybridized carbons (Fsp3) is 0.611. The van der Waals surface area contributed by atoms with Crippen molar-refractivity contribution in [1.29, 1.82) is 0 Å². The molecule has 3 rings (SSSR count). The van der Waals surface area contributed by atoms with Crippen LogP contribution in [0.25, 0.3) is 0 Å². The van der Waals surface area contributed by atoms with Gasteiger partial charge in [0, 0.05) is 18.7 Å². The highest BCUT2D eigenvalue weighted by Gasteiger charge is 2.45. The Hall–Kier alpha value is -1.95. The molecule has 6 heteroatoms. The Balaban J connectivity index is 2.16. The van der Waals surface area contributed by atoms with Crippen LogP contribution in [0.4, 0.5) is 0 Å². The molecule has 6 nitrogen and oxygen atoms in total. The van der Waals surface area contributed by atoms with Gasteiger partial charge in [0.15, 0.2) is 11.5 Å². The Morgan fingerprint density at radius 2 is 1.79 bits per heavy atom. The minimum atomic E-state index is -0.388. The zero-order valence-corrected chi connectivity index (χ0v) is 14.9. The summed E-state index contributed by atoms with van der Waals surface area (Å²) < 4.78 is 16.7. The average Bonchev–Trinajstić information content (AvgIpc) is 2.60. The van der Waals surface area contributed by atoms with Crippen molar-refractivity contribution in [2.75, 3.05) is 41.0 Å². The third-order valence-corrected chi connectivity index (χ3v) is 5.28. The molecule has 1 amide bonds. The Labute approximate surface area is 143 Å². The summed E-state index contributed by atoms with van der Waals surface area (Å²) in [5.74, 6) is 1.93. The van der Waals surface area contributed by atoms with Crippen molar-refractivity contribution in [3.05, 3.63) is 17.2 Å². The lowest BCUT2D eigenvalue weighted by Gasteiger charge is -2.46. The summed E-state index contributed by atoms with van der Waals surface area (Å²) >= 11 is 0. The number of likely N-dealkylation sites (tertiary alicyclic amines) is 1. The lowest BCUT2D eigenvalue weighted by atomic mass is 9.74. The Bertz CT molecular complexity index is 636. The van der Waals surface area contributed by atoms with Gasteiger partial charge in [0.05, 0.1) is 33.3 Å². The molecule has 1 saturated heterocycles. The zero-order valence-electron chi connectivity index (χ0n) is 14.9. The van der Waals surface area contributed by atoms with E-state index in [0.29, 0.717) is 23.7 Å². The number of fused-ring (bicyclic) bond motifs is 2. The number of ether oxygens (including phenoxy) is 3. The average molecular weight is 334 g/mol. The summed E-state index contributed by atoms with van der Waals surface area (Å²) in [4.78, 5) is 14.8. The molecule has 0 aromatic heterocycles. The van der Waals surface area contributed by atoms with E-state index < -0.39 is 0 Å². The van der Waals surface area contributed by atoms with E-state index >= 15 is 0 Å². The van der Waals surface area contributed by atoms with Crippen LogP contribution < -0.4 is 19.5 Å². The number of hydrogen-bond donors (Lipinski definition) is 1. The fourth-order valence-corrected chi connectivity index (χ4v) is 4.04. The standard InChI is InChI=1S/C18H26N2O4/c1-5-20-8-6-18(7-9-20)15-12(11-14(21)19-18)10-13(22-2)16(23-3)17(15)24-4/h10H,5-9,11H2,1-4H3,(H,19,21). The summed E-state index contributed by atoms with van der Waals surface area (Å²) in [6.07, 6.45) is 2.07. The Morgan fingerprint density at radius 3 is 2.33 bits per heavy atom. The van der Waals surface area contributed by atoms with Gasteiger partial charge in [-0.05, 0) is 31.0 Å². The van der Waals surface area contributed by atoms with E-state index in [-0.39, 0.29) is 11.4 Å². The van der Waals surface area contributed by atoms with Gasteiger partial charge in [-0.15, -0.1) is 0 Å². The van der Waals surface area contributed by atoms with Gasteiger partial charge >= 0.3 is 0 Å². The van der Waals surface area contributed by atoms with E-state index in [1.165, 1.54) is 0 Å². The monoisotopic (exact) mass is 334 g/mol.